The monoisotopic (exact) mass is 331 g/mol. The molecule has 0 bridgehead atoms. The first-order valence-corrected chi connectivity index (χ1v) is 8.94. The second-order valence-electron chi connectivity index (χ2n) is 6.74. The van der Waals surface area contributed by atoms with Crippen molar-refractivity contribution in [1.29, 1.82) is 0 Å². The lowest BCUT2D eigenvalue weighted by Gasteiger charge is -2.24. The highest BCUT2D eigenvalue weighted by Gasteiger charge is 2.16. The maximum absolute atomic E-state index is 4.89. The van der Waals surface area contributed by atoms with Gasteiger partial charge in [-0.3, -0.25) is 4.40 Å². The van der Waals surface area contributed by atoms with Gasteiger partial charge in [-0.25, -0.2) is 9.97 Å². The fourth-order valence-corrected chi connectivity index (χ4v) is 3.87. The van der Waals surface area contributed by atoms with Gasteiger partial charge in [0.15, 0.2) is 0 Å². The third-order valence-electron chi connectivity index (χ3n) is 5.02. The molecular formula is C20H21N5. The molecule has 3 aromatic heterocycles. The van der Waals surface area contributed by atoms with Crippen LogP contribution in [0.3, 0.4) is 0 Å². The van der Waals surface area contributed by atoms with E-state index in [0.29, 0.717) is 0 Å². The SMILES string of the molecule is Cc1cc(N2CCCNCC2)c2ccc3nc4ccccc4n3c2n1. The summed E-state index contributed by atoms with van der Waals surface area (Å²) in [6, 6.07) is 14.8. The zero-order valence-electron chi connectivity index (χ0n) is 14.4. The molecule has 1 fully saturated rings. The van der Waals surface area contributed by atoms with E-state index in [1.807, 2.05) is 6.07 Å². The molecule has 126 valence electrons. The van der Waals surface area contributed by atoms with E-state index in [9.17, 15) is 0 Å². The quantitative estimate of drug-likeness (QED) is 0.582. The first-order valence-electron chi connectivity index (χ1n) is 8.94. The number of pyridine rings is 2. The lowest BCUT2D eigenvalue weighted by Crippen LogP contribution is -2.28. The van der Waals surface area contributed by atoms with Crippen molar-refractivity contribution in [3.8, 4) is 0 Å². The third-order valence-corrected chi connectivity index (χ3v) is 5.02. The predicted octanol–water partition coefficient (Wildman–Crippen LogP) is 3.14. The molecule has 5 heteroatoms. The summed E-state index contributed by atoms with van der Waals surface area (Å²) in [7, 11) is 0. The topological polar surface area (TPSA) is 45.5 Å². The van der Waals surface area contributed by atoms with Crippen LogP contribution in [0.4, 0.5) is 5.69 Å². The van der Waals surface area contributed by atoms with Crippen LogP contribution in [-0.2, 0) is 0 Å². The summed E-state index contributed by atoms with van der Waals surface area (Å²) in [6.07, 6.45) is 1.17. The van der Waals surface area contributed by atoms with Gasteiger partial charge < -0.3 is 10.2 Å². The summed E-state index contributed by atoms with van der Waals surface area (Å²) in [5, 5.41) is 4.68. The number of benzene rings is 1. The van der Waals surface area contributed by atoms with E-state index < -0.39 is 0 Å². The molecule has 5 rings (SSSR count). The van der Waals surface area contributed by atoms with Gasteiger partial charge in [-0.15, -0.1) is 0 Å². The van der Waals surface area contributed by atoms with Gasteiger partial charge in [0.05, 0.1) is 11.0 Å². The van der Waals surface area contributed by atoms with Crippen molar-refractivity contribution in [3.63, 3.8) is 0 Å². The number of rotatable bonds is 1. The van der Waals surface area contributed by atoms with Gasteiger partial charge in [-0.1, -0.05) is 12.1 Å². The zero-order valence-corrected chi connectivity index (χ0v) is 14.4. The highest BCUT2D eigenvalue weighted by atomic mass is 15.2. The number of nitrogens with zero attached hydrogens (tertiary/aromatic N) is 4. The molecule has 4 heterocycles. The molecule has 0 radical (unpaired) electrons. The lowest BCUT2D eigenvalue weighted by molar-refractivity contribution is 0.724. The van der Waals surface area contributed by atoms with Crippen molar-refractivity contribution in [2.75, 3.05) is 31.1 Å². The zero-order chi connectivity index (χ0) is 16.8. The minimum atomic E-state index is 0.954. The van der Waals surface area contributed by atoms with E-state index in [2.05, 4.69) is 57.9 Å². The number of imidazole rings is 1. The minimum Gasteiger partial charge on any atom is -0.370 e. The van der Waals surface area contributed by atoms with Gasteiger partial charge >= 0.3 is 0 Å². The number of nitrogens with one attached hydrogen (secondary N) is 1. The van der Waals surface area contributed by atoms with E-state index in [-0.39, 0.29) is 0 Å². The molecule has 1 aromatic carbocycles. The Bertz CT molecular complexity index is 1070. The Labute approximate surface area is 146 Å². The Hall–Kier alpha value is -2.66. The number of para-hydroxylation sites is 2. The normalized spacial score (nSPS) is 16.0. The molecule has 1 saturated heterocycles. The minimum absolute atomic E-state index is 0.954. The molecular weight excluding hydrogens is 310 g/mol. The number of fused-ring (bicyclic) bond motifs is 5. The standard InChI is InChI=1S/C20H21N5/c1-14-13-18(24-11-4-9-21-10-12-24)15-7-8-19-23-16-5-2-3-6-17(16)25(19)20(15)22-14/h2-3,5-8,13,21H,4,9-12H2,1H3. The molecule has 1 N–H and O–H groups in total. The van der Waals surface area contributed by atoms with E-state index in [1.54, 1.807) is 0 Å². The van der Waals surface area contributed by atoms with E-state index in [0.717, 1.165) is 54.2 Å². The van der Waals surface area contributed by atoms with Crippen LogP contribution < -0.4 is 10.2 Å². The average molecular weight is 331 g/mol. The van der Waals surface area contributed by atoms with Crippen LogP contribution in [0.1, 0.15) is 12.1 Å². The van der Waals surface area contributed by atoms with Gasteiger partial charge in [0, 0.05) is 36.4 Å². The Morgan fingerprint density at radius 2 is 1.92 bits per heavy atom. The molecule has 5 nitrogen and oxygen atoms in total. The fraction of sp³-hybridized carbons (Fsp3) is 0.300. The lowest BCUT2D eigenvalue weighted by atomic mass is 10.2. The van der Waals surface area contributed by atoms with E-state index in [4.69, 9.17) is 9.97 Å². The molecule has 0 aliphatic carbocycles. The molecule has 0 atom stereocenters. The third kappa shape index (κ3) is 2.35. The number of anilines is 1. The summed E-state index contributed by atoms with van der Waals surface area (Å²) in [6.45, 7) is 6.31. The summed E-state index contributed by atoms with van der Waals surface area (Å²) in [5.41, 5.74) is 6.41. The summed E-state index contributed by atoms with van der Waals surface area (Å²) in [4.78, 5) is 12.1. The number of aromatic nitrogens is 3. The van der Waals surface area contributed by atoms with E-state index in [1.165, 1.54) is 17.5 Å². The van der Waals surface area contributed by atoms with Crippen LogP contribution in [0.2, 0.25) is 0 Å². The van der Waals surface area contributed by atoms with E-state index >= 15 is 0 Å². The summed E-state index contributed by atoms with van der Waals surface area (Å²) >= 11 is 0. The van der Waals surface area contributed by atoms with Crippen molar-refractivity contribution < 1.29 is 0 Å². The smallest absolute Gasteiger partial charge is 0.148 e. The van der Waals surface area contributed by atoms with Gasteiger partial charge in [0.25, 0.3) is 0 Å². The second-order valence-corrected chi connectivity index (χ2v) is 6.74. The van der Waals surface area contributed by atoms with Gasteiger partial charge in [-0.2, -0.15) is 0 Å². The Kier molecular flexibility index (Phi) is 3.35. The maximum Gasteiger partial charge on any atom is 0.148 e. The molecule has 4 aromatic rings. The van der Waals surface area contributed by atoms with Crippen LogP contribution in [0.25, 0.3) is 27.7 Å². The van der Waals surface area contributed by atoms with Gasteiger partial charge in [-0.05, 0) is 50.2 Å². The molecule has 0 spiro atoms. The first-order chi connectivity index (χ1) is 12.3. The first kappa shape index (κ1) is 14.7. The number of hydrogen-bond acceptors (Lipinski definition) is 4. The van der Waals surface area contributed by atoms with Crippen LogP contribution in [0, 0.1) is 6.92 Å². The van der Waals surface area contributed by atoms with Crippen molar-refractivity contribution in [1.82, 2.24) is 19.7 Å². The molecule has 0 unspecified atom stereocenters. The van der Waals surface area contributed by atoms with Crippen molar-refractivity contribution in [3.05, 3.63) is 48.2 Å². The fourth-order valence-electron chi connectivity index (χ4n) is 3.87. The second kappa shape index (κ2) is 5.70. The van der Waals surface area contributed by atoms with Crippen molar-refractivity contribution in [2.45, 2.75) is 13.3 Å². The molecule has 1 aliphatic heterocycles. The Morgan fingerprint density at radius 3 is 2.88 bits per heavy atom. The number of hydrogen-bond donors (Lipinski definition) is 1. The van der Waals surface area contributed by atoms with Crippen LogP contribution in [0.15, 0.2) is 42.5 Å². The van der Waals surface area contributed by atoms with Crippen LogP contribution in [0.5, 0.6) is 0 Å². The van der Waals surface area contributed by atoms with Crippen LogP contribution >= 0.6 is 0 Å². The average Bonchev–Trinajstić information content (AvgIpc) is 2.80. The molecule has 0 saturated carbocycles. The summed E-state index contributed by atoms with van der Waals surface area (Å²) in [5.74, 6) is 0. The maximum atomic E-state index is 4.89. The Morgan fingerprint density at radius 1 is 1.00 bits per heavy atom. The van der Waals surface area contributed by atoms with Crippen LogP contribution in [-0.4, -0.2) is 40.5 Å². The van der Waals surface area contributed by atoms with Crippen molar-refractivity contribution >= 4 is 33.4 Å². The number of aryl methyl sites for hydroxylation is 1. The Balaban J connectivity index is 1.83. The predicted molar refractivity (Wildman–Crippen MR) is 102 cm³/mol. The van der Waals surface area contributed by atoms with Gasteiger partial charge in [0.2, 0.25) is 0 Å². The largest absolute Gasteiger partial charge is 0.370 e. The summed E-state index contributed by atoms with van der Waals surface area (Å²) < 4.78 is 2.19. The van der Waals surface area contributed by atoms with Gasteiger partial charge in [0.1, 0.15) is 11.3 Å². The molecule has 0 amide bonds. The highest BCUT2D eigenvalue weighted by molar-refractivity contribution is 5.95. The highest BCUT2D eigenvalue weighted by Crippen LogP contribution is 2.30. The molecule has 25 heavy (non-hydrogen) atoms. The van der Waals surface area contributed by atoms with Crippen molar-refractivity contribution in [2.24, 2.45) is 0 Å². The molecule has 1 aliphatic rings.